The Labute approximate surface area is 162 Å². The molecule has 0 fully saturated rings. The molecule has 1 atom stereocenters. The van der Waals surface area contributed by atoms with E-state index in [-0.39, 0.29) is 19.1 Å². The van der Waals surface area contributed by atoms with Crippen LogP contribution in [0.25, 0.3) is 0 Å². The number of hydrogen-bond acceptors (Lipinski definition) is 4. The van der Waals surface area contributed by atoms with Crippen LogP contribution in [-0.2, 0) is 11.2 Å². The van der Waals surface area contributed by atoms with Gasteiger partial charge in [0.05, 0.1) is 17.7 Å². The van der Waals surface area contributed by atoms with Gasteiger partial charge < -0.3 is 19.9 Å². The summed E-state index contributed by atoms with van der Waals surface area (Å²) in [4.78, 5) is 11.9. The van der Waals surface area contributed by atoms with E-state index in [1.807, 2.05) is 24.3 Å². The molecule has 0 aromatic heterocycles. The average molecular weight is 398 g/mol. The fourth-order valence-corrected chi connectivity index (χ4v) is 2.78. The summed E-state index contributed by atoms with van der Waals surface area (Å²) in [6.07, 6.45) is 0.390. The van der Waals surface area contributed by atoms with Crippen LogP contribution in [0.15, 0.2) is 42.5 Å². The highest BCUT2D eigenvalue weighted by Gasteiger charge is 2.22. The molecule has 0 bridgehead atoms. The summed E-state index contributed by atoms with van der Waals surface area (Å²) in [7, 11) is 1.60. The van der Waals surface area contributed by atoms with Gasteiger partial charge in [-0.3, -0.25) is 4.79 Å². The van der Waals surface area contributed by atoms with Crippen molar-refractivity contribution in [2.24, 2.45) is 0 Å². The highest BCUT2D eigenvalue weighted by molar-refractivity contribution is 6.35. The van der Waals surface area contributed by atoms with Crippen LogP contribution in [0.4, 0.5) is 0 Å². The van der Waals surface area contributed by atoms with Crippen molar-refractivity contribution in [1.82, 2.24) is 5.32 Å². The van der Waals surface area contributed by atoms with E-state index in [4.69, 9.17) is 32.7 Å². The topological polar surface area (TPSA) is 67.8 Å². The van der Waals surface area contributed by atoms with Crippen LogP contribution in [0.2, 0.25) is 10.0 Å². The number of hydrogen-bond donors (Lipinski definition) is 2. The van der Waals surface area contributed by atoms with Crippen LogP contribution < -0.4 is 14.8 Å². The third-order valence-electron chi connectivity index (χ3n) is 3.66. The maximum absolute atomic E-state index is 11.9. The number of halogens is 2. The highest BCUT2D eigenvalue weighted by Crippen LogP contribution is 2.27. The summed E-state index contributed by atoms with van der Waals surface area (Å²) in [5.74, 6) is 0.766. The summed E-state index contributed by atoms with van der Waals surface area (Å²) in [5, 5.41) is 14.0. The van der Waals surface area contributed by atoms with Gasteiger partial charge in [0, 0.05) is 18.0 Å². The Bertz CT molecular complexity index is 748. The second-order valence-electron chi connectivity index (χ2n) is 6.16. The van der Waals surface area contributed by atoms with Gasteiger partial charge in [0.2, 0.25) is 0 Å². The Morgan fingerprint density at radius 2 is 1.88 bits per heavy atom. The summed E-state index contributed by atoms with van der Waals surface area (Å²) < 4.78 is 10.5. The number of methoxy groups -OCH3 is 1. The number of aliphatic hydroxyl groups is 1. The molecule has 0 unspecified atom stereocenters. The lowest BCUT2D eigenvalue weighted by Gasteiger charge is -2.24. The summed E-state index contributed by atoms with van der Waals surface area (Å²) in [6, 6.07) is 12.2. The Kier molecular flexibility index (Phi) is 7.14. The summed E-state index contributed by atoms with van der Waals surface area (Å²) in [6.45, 7) is 1.55. The van der Waals surface area contributed by atoms with Gasteiger partial charge >= 0.3 is 0 Å². The van der Waals surface area contributed by atoms with Gasteiger partial charge in [0.25, 0.3) is 5.91 Å². The molecule has 0 aliphatic carbocycles. The van der Waals surface area contributed by atoms with E-state index in [9.17, 15) is 9.90 Å². The number of benzene rings is 2. The molecule has 7 heteroatoms. The lowest BCUT2D eigenvalue weighted by Crippen LogP contribution is -2.43. The standard InChI is InChI=1S/C19H21Cl2NO4/c1-19(24,10-13-3-6-15(25-2)7-4-13)12-22-18(23)11-26-17-8-5-14(20)9-16(17)21/h3-9,24H,10-12H2,1-2H3,(H,22,23)/t19-/m0/s1. The van der Waals surface area contributed by atoms with Crippen LogP contribution >= 0.6 is 23.2 Å². The molecule has 0 heterocycles. The van der Waals surface area contributed by atoms with Gasteiger partial charge in [-0.25, -0.2) is 0 Å². The number of carbonyl (C=O) groups excluding carboxylic acids is 1. The molecular weight excluding hydrogens is 377 g/mol. The molecule has 0 saturated carbocycles. The van der Waals surface area contributed by atoms with Crippen molar-refractivity contribution in [3.8, 4) is 11.5 Å². The van der Waals surface area contributed by atoms with Crippen molar-refractivity contribution in [2.75, 3.05) is 20.3 Å². The van der Waals surface area contributed by atoms with Crippen LogP contribution in [0.5, 0.6) is 11.5 Å². The third-order valence-corrected chi connectivity index (χ3v) is 4.19. The molecule has 26 heavy (non-hydrogen) atoms. The van der Waals surface area contributed by atoms with Crippen molar-refractivity contribution in [3.05, 3.63) is 58.1 Å². The summed E-state index contributed by atoms with van der Waals surface area (Å²) in [5.41, 5.74) is -0.156. The molecular formula is C19H21Cl2NO4. The Hall–Kier alpha value is -1.95. The zero-order chi connectivity index (χ0) is 19.2. The van der Waals surface area contributed by atoms with Crippen LogP contribution in [0.1, 0.15) is 12.5 Å². The number of ether oxygens (including phenoxy) is 2. The van der Waals surface area contributed by atoms with Gasteiger partial charge in [-0.1, -0.05) is 35.3 Å². The minimum atomic E-state index is -1.10. The van der Waals surface area contributed by atoms with Gasteiger partial charge in [0.15, 0.2) is 6.61 Å². The first-order valence-corrected chi connectivity index (χ1v) is 8.74. The van der Waals surface area contributed by atoms with Crippen LogP contribution in [0, 0.1) is 0 Å². The number of rotatable bonds is 8. The van der Waals surface area contributed by atoms with E-state index in [2.05, 4.69) is 5.32 Å². The fraction of sp³-hybridized carbons (Fsp3) is 0.316. The predicted octanol–water partition coefficient (Wildman–Crippen LogP) is 3.49. The van der Waals surface area contributed by atoms with E-state index in [1.54, 1.807) is 26.2 Å². The lowest BCUT2D eigenvalue weighted by molar-refractivity contribution is -0.124. The Morgan fingerprint density at radius 1 is 1.19 bits per heavy atom. The van der Waals surface area contributed by atoms with Gasteiger partial charge in [-0.2, -0.15) is 0 Å². The maximum Gasteiger partial charge on any atom is 0.258 e. The second kappa shape index (κ2) is 9.12. The molecule has 0 radical (unpaired) electrons. The molecule has 0 saturated heterocycles. The van der Waals surface area contributed by atoms with E-state index < -0.39 is 5.60 Å². The lowest BCUT2D eigenvalue weighted by atomic mass is 9.96. The molecule has 0 aliphatic rings. The monoisotopic (exact) mass is 397 g/mol. The first-order chi connectivity index (χ1) is 12.3. The third kappa shape index (κ3) is 6.41. The molecule has 0 spiro atoms. The van der Waals surface area contributed by atoms with Gasteiger partial charge in [0.1, 0.15) is 11.5 Å². The minimum absolute atomic E-state index is 0.0928. The van der Waals surface area contributed by atoms with Crippen molar-refractivity contribution in [1.29, 1.82) is 0 Å². The minimum Gasteiger partial charge on any atom is -0.497 e. The molecule has 140 valence electrons. The molecule has 2 aromatic carbocycles. The molecule has 2 rings (SSSR count). The van der Waals surface area contributed by atoms with Crippen molar-refractivity contribution < 1.29 is 19.4 Å². The number of nitrogens with one attached hydrogen (secondary N) is 1. The predicted molar refractivity (Wildman–Crippen MR) is 102 cm³/mol. The summed E-state index contributed by atoms with van der Waals surface area (Å²) >= 11 is 11.8. The SMILES string of the molecule is COc1ccc(C[C@](C)(O)CNC(=O)COc2ccc(Cl)cc2Cl)cc1. The maximum atomic E-state index is 11.9. The zero-order valence-electron chi connectivity index (χ0n) is 14.6. The first-order valence-electron chi connectivity index (χ1n) is 7.99. The Morgan fingerprint density at radius 3 is 2.50 bits per heavy atom. The van der Waals surface area contributed by atoms with Crippen molar-refractivity contribution in [3.63, 3.8) is 0 Å². The molecule has 2 aromatic rings. The smallest absolute Gasteiger partial charge is 0.258 e. The van der Waals surface area contributed by atoms with E-state index in [0.29, 0.717) is 22.2 Å². The Balaban J connectivity index is 1.80. The molecule has 1 amide bonds. The van der Waals surface area contributed by atoms with Crippen molar-refractivity contribution >= 4 is 29.1 Å². The number of amides is 1. The molecule has 5 nitrogen and oxygen atoms in total. The van der Waals surface area contributed by atoms with E-state index in [0.717, 1.165) is 11.3 Å². The molecule has 0 aliphatic heterocycles. The normalized spacial score (nSPS) is 13.0. The van der Waals surface area contributed by atoms with Crippen molar-refractivity contribution in [2.45, 2.75) is 18.9 Å². The zero-order valence-corrected chi connectivity index (χ0v) is 16.1. The van der Waals surface area contributed by atoms with Crippen LogP contribution in [0.3, 0.4) is 0 Å². The fourth-order valence-electron chi connectivity index (χ4n) is 2.32. The second-order valence-corrected chi connectivity index (χ2v) is 7.01. The number of carbonyl (C=O) groups is 1. The van der Waals surface area contributed by atoms with Gasteiger partial charge in [-0.15, -0.1) is 0 Å². The van der Waals surface area contributed by atoms with Crippen LogP contribution in [-0.4, -0.2) is 36.9 Å². The van der Waals surface area contributed by atoms with E-state index in [1.165, 1.54) is 6.07 Å². The van der Waals surface area contributed by atoms with Gasteiger partial charge in [-0.05, 0) is 42.8 Å². The molecule has 2 N–H and O–H groups in total. The highest BCUT2D eigenvalue weighted by atomic mass is 35.5. The average Bonchev–Trinajstić information content (AvgIpc) is 2.60. The quantitative estimate of drug-likeness (QED) is 0.715. The largest absolute Gasteiger partial charge is 0.497 e. The first kappa shape index (κ1) is 20.4. The van der Waals surface area contributed by atoms with E-state index >= 15 is 0 Å².